The Morgan fingerprint density at radius 2 is 2.36 bits per heavy atom. The molecule has 14 heavy (non-hydrogen) atoms. The van der Waals surface area contributed by atoms with Gasteiger partial charge in [-0.15, -0.1) is 0 Å². The number of nitrogens with zero attached hydrogens (tertiary/aromatic N) is 1. The van der Waals surface area contributed by atoms with Gasteiger partial charge in [-0.2, -0.15) is 0 Å². The molecule has 0 amide bonds. The number of nitrogens with one attached hydrogen (secondary N) is 1. The zero-order valence-electron chi connectivity index (χ0n) is 8.50. The highest BCUT2D eigenvalue weighted by molar-refractivity contribution is 8.14. The van der Waals surface area contributed by atoms with Crippen LogP contribution in [0.2, 0.25) is 0 Å². The summed E-state index contributed by atoms with van der Waals surface area (Å²) in [5.74, 6) is -0.792. The van der Waals surface area contributed by atoms with Crippen molar-refractivity contribution in [3.63, 3.8) is 0 Å². The first-order valence-electron chi connectivity index (χ1n) is 4.30. The molecule has 2 N–H and O–H groups in total. The fourth-order valence-electron chi connectivity index (χ4n) is 1.25. The van der Waals surface area contributed by atoms with Crippen molar-refractivity contribution in [3.8, 4) is 0 Å². The summed E-state index contributed by atoms with van der Waals surface area (Å²) in [7, 11) is 0. The van der Waals surface area contributed by atoms with Crippen LogP contribution in [0.4, 0.5) is 0 Å². The van der Waals surface area contributed by atoms with Crippen molar-refractivity contribution in [3.05, 3.63) is 11.8 Å². The predicted octanol–water partition coefficient (Wildman–Crippen LogP) is 1.45. The molecule has 1 heterocycles. The summed E-state index contributed by atoms with van der Waals surface area (Å²) >= 11 is 1.21. The molecule has 1 aliphatic rings. The molecule has 0 aromatic heterocycles. The van der Waals surface area contributed by atoms with Crippen molar-refractivity contribution in [2.24, 2.45) is 4.99 Å². The van der Waals surface area contributed by atoms with Gasteiger partial charge in [0.1, 0.15) is 0 Å². The van der Waals surface area contributed by atoms with Crippen LogP contribution in [0.15, 0.2) is 16.8 Å². The molecule has 0 aromatic rings. The third-order valence-corrected chi connectivity index (χ3v) is 2.45. The monoisotopic (exact) mass is 214 g/mol. The average Bonchev–Trinajstić information content (AvgIpc) is 1.96. The van der Waals surface area contributed by atoms with Gasteiger partial charge < -0.3 is 10.4 Å². The Hall–Kier alpha value is -0.970. The molecule has 0 fully saturated rings. The fourth-order valence-corrected chi connectivity index (χ4v) is 2.05. The molecule has 0 radical (unpaired) electrons. The molecule has 0 bridgehead atoms. The van der Waals surface area contributed by atoms with Gasteiger partial charge in [-0.1, -0.05) is 11.8 Å². The smallest absolute Gasteiger partial charge is 0.313 e. The molecule has 4 nitrogen and oxygen atoms in total. The first-order valence-corrected chi connectivity index (χ1v) is 5.28. The topological polar surface area (TPSA) is 61.7 Å². The van der Waals surface area contributed by atoms with E-state index in [0.717, 1.165) is 5.70 Å². The van der Waals surface area contributed by atoms with Gasteiger partial charge in [0.2, 0.25) is 0 Å². The molecular formula is C9H14N2O2S. The maximum absolute atomic E-state index is 10.4. The fraction of sp³-hybridized carbons (Fsp3) is 0.556. The van der Waals surface area contributed by atoms with Gasteiger partial charge in [-0.05, 0) is 26.8 Å². The van der Waals surface area contributed by atoms with Crippen molar-refractivity contribution in [1.29, 1.82) is 0 Å². The maximum Gasteiger partial charge on any atom is 0.313 e. The number of allylic oxidation sites excluding steroid dienone is 1. The van der Waals surface area contributed by atoms with E-state index < -0.39 is 5.97 Å². The number of thioether (sulfide) groups is 1. The predicted molar refractivity (Wildman–Crippen MR) is 58.5 cm³/mol. The molecule has 0 saturated heterocycles. The Bertz CT molecular complexity index is 308. The number of carboxylic acids is 1. The van der Waals surface area contributed by atoms with Crippen molar-refractivity contribution < 1.29 is 9.90 Å². The van der Waals surface area contributed by atoms with E-state index in [-0.39, 0.29) is 11.3 Å². The van der Waals surface area contributed by atoms with Crippen LogP contribution < -0.4 is 5.32 Å². The van der Waals surface area contributed by atoms with E-state index in [1.54, 1.807) is 0 Å². The van der Waals surface area contributed by atoms with Crippen LogP contribution in [-0.2, 0) is 4.79 Å². The van der Waals surface area contributed by atoms with E-state index in [1.807, 2.05) is 26.8 Å². The number of carboxylic acid groups (broad SMARTS) is 1. The van der Waals surface area contributed by atoms with Crippen LogP contribution in [0.25, 0.3) is 0 Å². The lowest BCUT2D eigenvalue weighted by molar-refractivity contribution is -0.133. The van der Waals surface area contributed by atoms with Crippen molar-refractivity contribution in [2.45, 2.75) is 26.3 Å². The Morgan fingerprint density at radius 3 is 2.86 bits per heavy atom. The number of carbonyl (C=O) groups is 1. The van der Waals surface area contributed by atoms with Crippen LogP contribution in [0, 0.1) is 0 Å². The lowest BCUT2D eigenvalue weighted by Crippen LogP contribution is -2.31. The van der Waals surface area contributed by atoms with Crippen LogP contribution in [0.1, 0.15) is 20.8 Å². The summed E-state index contributed by atoms with van der Waals surface area (Å²) in [5.41, 5.74) is 0.772. The maximum atomic E-state index is 10.4. The van der Waals surface area contributed by atoms with Gasteiger partial charge in [-0.25, -0.2) is 0 Å². The summed E-state index contributed by atoms with van der Waals surface area (Å²) in [6, 6.07) is 0. The second kappa shape index (κ2) is 4.04. The summed E-state index contributed by atoms with van der Waals surface area (Å²) in [6.07, 6.45) is 2.01. The minimum atomic E-state index is -0.829. The van der Waals surface area contributed by atoms with E-state index in [1.165, 1.54) is 11.8 Å². The van der Waals surface area contributed by atoms with Gasteiger partial charge in [0.05, 0.1) is 11.3 Å². The van der Waals surface area contributed by atoms with Gasteiger partial charge in [-0.3, -0.25) is 9.79 Å². The average molecular weight is 214 g/mol. The van der Waals surface area contributed by atoms with E-state index in [9.17, 15) is 4.79 Å². The zero-order chi connectivity index (χ0) is 10.8. The SMILES string of the molecule is CC1=CC(C)(C)N=C(SCC(=O)O)N1. The highest BCUT2D eigenvalue weighted by Gasteiger charge is 2.20. The highest BCUT2D eigenvalue weighted by Crippen LogP contribution is 2.20. The molecule has 5 heteroatoms. The lowest BCUT2D eigenvalue weighted by atomic mass is 10.0. The summed E-state index contributed by atoms with van der Waals surface area (Å²) < 4.78 is 0. The molecule has 0 aliphatic carbocycles. The number of rotatable bonds is 2. The molecule has 0 atom stereocenters. The molecule has 0 saturated carbocycles. The van der Waals surface area contributed by atoms with Gasteiger partial charge in [0.15, 0.2) is 5.17 Å². The molecule has 78 valence electrons. The Morgan fingerprint density at radius 1 is 1.71 bits per heavy atom. The Balaban J connectivity index is 2.63. The van der Waals surface area contributed by atoms with E-state index >= 15 is 0 Å². The Kier molecular flexibility index (Phi) is 3.21. The number of hydrogen-bond acceptors (Lipinski definition) is 4. The molecule has 0 unspecified atom stereocenters. The quantitative estimate of drug-likeness (QED) is 0.730. The summed E-state index contributed by atoms with van der Waals surface area (Å²) in [4.78, 5) is 14.7. The Labute approximate surface area is 87.5 Å². The van der Waals surface area contributed by atoms with Crippen LogP contribution >= 0.6 is 11.8 Å². The number of hydrogen-bond donors (Lipinski definition) is 2. The minimum absolute atomic E-state index is 0.0369. The standard InChI is InChI=1S/C9H14N2O2S/c1-6-4-9(2,3)11-8(10-6)14-5-7(12)13/h4H,5H2,1-3H3,(H,10,11)(H,12,13). The molecule has 1 rings (SSSR count). The van der Waals surface area contributed by atoms with Gasteiger partial charge >= 0.3 is 5.97 Å². The first-order chi connectivity index (χ1) is 6.39. The molecular weight excluding hydrogens is 200 g/mol. The van der Waals surface area contributed by atoms with Crippen molar-refractivity contribution >= 4 is 22.9 Å². The molecule has 0 spiro atoms. The van der Waals surface area contributed by atoms with Gasteiger partial charge in [0, 0.05) is 5.70 Å². The highest BCUT2D eigenvalue weighted by atomic mass is 32.2. The normalized spacial score (nSPS) is 19.4. The molecule has 0 aromatic carbocycles. The van der Waals surface area contributed by atoms with Gasteiger partial charge in [0.25, 0.3) is 0 Å². The molecule has 1 aliphatic heterocycles. The van der Waals surface area contributed by atoms with Crippen LogP contribution in [0.3, 0.4) is 0 Å². The zero-order valence-corrected chi connectivity index (χ0v) is 9.31. The second-order valence-corrected chi connectivity index (χ2v) is 4.67. The van der Waals surface area contributed by atoms with Crippen molar-refractivity contribution in [1.82, 2.24) is 5.32 Å². The third-order valence-electron chi connectivity index (χ3n) is 1.60. The van der Waals surface area contributed by atoms with Crippen molar-refractivity contribution in [2.75, 3.05) is 5.75 Å². The van der Waals surface area contributed by atoms with Crippen LogP contribution in [-0.4, -0.2) is 27.5 Å². The van der Waals surface area contributed by atoms with E-state index in [0.29, 0.717) is 5.17 Å². The largest absolute Gasteiger partial charge is 0.481 e. The summed E-state index contributed by atoms with van der Waals surface area (Å²) in [5, 5.41) is 12.2. The second-order valence-electron chi connectivity index (χ2n) is 3.71. The minimum Gasteiger partial charge on any atom is -0.481 e. The first kappa shape index (κ1) is 11.1. The lowest BCUT2D eigenvalue weighted by Gasteiger charge is -2.24. The van der Waals surface area contributed by atoms with Crippen LogP contribution in [0.5, 0.6) is 0 Å². The van der Waals surface area contributed by atoms with E-state index in [2.05, 4.69) is 10.3 Å². The summed E-state index contributed by atoms with van der Waals surface area (Å²) in [6.45, 7) is 5.91. The number of aliphatic imine (C=N–C) groups is 1. The number of amidine groups is 1. The van der Waals surface area contributed by atoms with E-state index in [4.69, 9.17) is 5.11 Å². The third kappa shape index (κ3) is 3.41. The number of aliphatic carboxylic acids is 1.